The largest absolute Gasteiger partial charge is 0.369 e. The average molecular weight is 261 g/mol. The Bertz CT molecular complexity index is 520. The molecule has 5 heteroatoms. The molecule has 0 aliphatic carbocycles. The van der Waals surface area contributed by atoms with Gasteiger partial charge in [0, 0.05) is 13.6 Å². The molecular formula is C14H23N5. The zero-order valence-electron chi connectivity index (χ0n) is 12.1. The molecular weight excluding hydrogens is 238 g/mol. The van der Waals surface area contributed by atoms with E-state index in [2.05, 4.69) is 34.2 Å². The Balaban J connectivity index is 2.04. The van der Waals surface area contributed by atoms with Gasteiger partial charge in [0.25, 0.3) is 0 Å². The molecule has 2 heterocycles. The summed E-state index contributed by atoms with van der Waals surface area (Å²) in [6.45, 7) is 5.46. The Morgan fingerprint density at radius 3 is 2.89 bits per heavy atom. The molecule has 0 saturated heterocycles. The SMILES string of the molecule is CCCCC(CC)CNc1ncnc2c1cnn2C. The summed E-state index contributed by atoms with van der Waals surface area (Å²) < 4.78 is 1.77. The second kappa shape index (κ2) is 6.50. The first-order valence-electron chi connectivity index (χ1n) is 7.12. The molecule has 0 aliphatic heterocycles. The van der Waals surface area contributed by atoms with E-state index >= 15 is 0 Å². The van der Waals surface area contributed by atoms with Crippen molar-refractivity contribution in [2.75, 3.05) is 11.9 Å². The minimum absolute atomic E-state index is 0.710. The average Bonchev–Trinajstić information content (AvgIpc) is 2.82. The van der Waals surface area contributed by atoms with Crippen LogP contribution in [0.2, 0.25) is 0 Å². The Hall–Kier alpha value is -1.65. The highest BCUT2D eigenvalue weighted by Gasteiger charge is 2.10. The van der Waals surface area contributed by atoms with Gasteiger partial charge >= 0.3 is 0 Å². The van der Waals surface area contributed by atoms with Crippen LogP contribution in [0.3, 0.4) is 0 Å². The smallest absolute Gasteiger partial charge is 0.163 e. The molecule has 1 unspecified atom stereocenters. The summed E-state index contributed by atoms with van der Waals surface area (Å²) in [6.07, 6.45) is 8.46. The van der Waals surface area contributed by atoms with E-state index in [1.807, 2.05) is 13.2 Å². The summed E-state index contributed by atoms with van der Waals surface area (Å²) in [4.78, 5) is 8.58. The van der Waals surface area contributed by atoms with Crippen molar-refractivity contribution in [1.29, 1.82) is 0 Å². The summed E-state index contributed by atoms with van der Waals surface area (Å²) >= 11 is 0. The third kappa shape index (κ3) is 3.22. The second-order valence-electron chi connectivity index (χ2n) is 5.03. The lowest BCUT2D eigenvalue weighted by molar-refractivity contribution is 0.472. The van der Waals surface area contributed by atoms with Gasteiger partial charge in [0.15, 0.2) is 5.65 Å². The summed E-state index contributed by atoms with van der Waals surface area (Å²) in [6, 6.07) is 0. The highest BCUT2D eigenvalue weighted by molar-refractivity contribution is 5.85. The lowest BCUT2D eigenvalue weighted by Crippen LogP contribution is -2.14. The van der Waals surface area contributed by atoms with Crippen molar-refractivity contribution in [2.24, 2.45) is 13.0 Å². The molecule has 0 saturated carbocycles. The number of nitrogens with zero attached hydrogens (tertiary/aromatic N) is 4. The molecule has 0 fully saturated rings. The van der Waals surface area contributed by atoms with Crippen LogP contribution in [-0.4, -0.2) is 26.3 Å². The van der Waals surface area contributed by atoms with Crippen LogP contribution in [0.4, 0.5) is 5.82 Å². The third-order valence-electron chi connectivity index (χ3n) is 3.63. The number of rotatable bonds is 7. The number of nitrogens with one attached hydrogen (secondary N) is 1. The van der Waals surface area contributed by atoms with Gasteiger partial charge in [-0.1, -0.05) is 33.1 Å². The fourth-order valence-corrected chi connectivity index (χ4v) is 2.29. The van der Waals surface area contributed by atoms with Gasteiger partial charge < -0.3 is 5.32 Å². The van der Waals surface area contributed by atoms with Crippen molar-refractivity contribution >= 4 is 16.9 Å². The first kappa shape index (κ1) is 13.8. The van der Waals surface area contributed by atoms with Gasteiger partial charge in [0.05, 0.1) is 11.6 Å². The Morgan fingerprint density at radius 1 is 1.32 bits per heavy atom. The molecule has 19 heavy (non-hydrogen) atoms. The highest BCUT2D eigenvalue weighted by Crippen LogP contribution is 2.19. The zero-order valence-corrected chi connectivity index (χ0v) is 12.1. The van der Waals surface area contributed by atoms with E-state index < -0.39 is 0 Å². The van der Waals surface area contributed by atoms with Crippen LogP contribution >= 0.6 is 0 Å². The van der Waals surface area contributed by atoms with Crippen molar-refractivity contribution in [3.63, 3.8) is 0 Å². The van der Waals surface area contributed by atoms with Crippen molar-refractivity contribution in [1.82, 2.24) is 19.7 Å². The van der Waals surface area contributed by atoms with Gasteiger partial charge in [-0.2, -0.15) is 5.10 Å². The number of aromatic nitrogens is 4. The maximum atomic E-state index is 4.33. The molecule has 104 valence electrons. The van der Waals surface area contributed by atoms with E-state index in [9.17, 15) is 0 Å². The molecule has 1 atom stereocenters. The Kier molecular flexibility index (Phi) is 4.71. The van der Waals surface area contributed by atoms with Crippen molar-refractivity contribution in [3.8, 4) is 0 Å². The van der Waals surface area contributed by atoms with Gasteiger partial charge in [0.1, 0.15) is 12.1 Å². The van der Waals surface area contributed by atoms with E-state index in [4.69, 9.17) is 0 Å². The number of unbranched alkanes of at least 4 members (excludes halogenated alkanes) is 1. The minimum atomic E-state index is 0.710. The van der Waals surface area contributed by atoms with E-state index in [0.717, 1.165) is 23.4 Å². The van der Waals surface area contributed by atoms with Crippen LogP contribution in [0.25, 0.3) is 11.0 Å². The maximum absolute atomic E-state index is 4.33. The second-order valence-corrected chi connectivity index (χ2v) is 5.03. The summed E-state index contributed by atoms with van der Waals surface area (Å²) in [5.74, 6) is 1.61. The van der Waals surface area contributed by atoms with Crippen molar-refractivity contribution in [3.05, 3.63) is 12.5 Å². The fraction of sp³-hybridized carbons (Fsp3) is 0.643. The van der Waals surface area contributed by atoms with Crippen LogP contribution in [0, 0.1) is 5.92 Å². The van der Waals surface area contributed by atoms with Gasteiger partial charge in [-0.15, -0.1) is 0 Å². The lowest BCUT2D eigenvalue weighted by atomic mass is 9.99. The van der Waals surface area contributed by atoms with Crippen molar-refractivity contribution < 1.29 is 0 Å². The van der Waals surface area contributed by atoms with E-state index in [-0.39, 0.29) is 0 Å². The summed E-state index contributed by atoms with van der Waals surface area (Å²) in [7, 11) is 1.90. The van der Waals surface area contributed by atoms with Gasteiger partial charge in [-0.05, 0) is 12.3 Å². The third-order valence-corrected chi connectivity index (χ3v) is 3.63. The number of anilines is 1. The Labute approximate surface area is 114 Å². The predicted octanol–water partition coefficient (Wildman–Crippen LogP) is 2.99. The van der Waals surface area contributed by atoms with Gasteiger partial charge in [0.2, 0.25) is 0 Å². The molecule has 5 nitrogen and oxygen atoms in total. The number of fused-ring (bicyclic) bond motifs is 1. The zero-order chi connectivity index (χ0) is 13.7. The normalized spacial score (nSPS) is 12.8. The highest BCUT2D eigenvalue weighted by atomic mass is 15.3. The molecule has 1 N–H and O–H groups in total. The van der Waals surface area contributed by atoms with Crippen molar-refractivity contribution in [2.45, 2.75) is 39.5 Å². The van der Waals surface area contributed by atoms with Crippen LogP contribution in [0.1, 0.15) is 39.5 Å². The quantitative estimate of drug-likeness (QED) is 0.832. The fourth-order valence-electron chi connectivity index (χ4n) is 2.29. The van der Waals surface area contributed by atoms with Gasteiger partial charge in [-0.25, -0.2) is 9.97 Å². The summed E-state index contributed by atoms with van der Waals surface area (Å²) in [5.41, 5.74) is 0.874. The van der Waals surface area contributed by atoms with Crippen LogP contribution < -0.4 is 5.32 Å². The molecule has 2 aromatic rings. The van der Waals surface area contributed by atoms with E-state index in [1.54, 1.807) is 11.0 Å². The monoisotopic (exact) mass is 261 g/mol. The molecule has 2 aromatic heterocycles. The van der Waals surface area contributed by atoms with Gasteiger partial charge in [-0.3, -0.25) is 4.68 Å². The predicted molar refractivity (Wildman–Crippen MR) is 78.1 cm³/mol. The molecule has 2 rings (SSSR count). The number of hydrogen-bond acceptors (Lipinski definition) is 4. The van der Waals surface area contributed by atoms with Crippen LogP contribution in [0.5, 0.6) is 0 Å². The number of hydrogen-bond donors (Lipinski definition) is 1. The standard InChI is InChI=1S/C14H23N5/c1-4-6-7-11(5-2)8-15-13-12-9-18-19(3)14(12)17-10-16-13/h9-11H,4-8H2,1-3H3,(H,15,16,17). The topological polar surface area (TPSA) is 55.6 Å². The van der Waals surface area contributed by atoms with Crippen LogP contribution in [-0.2, 0) is 7.05 Å². The van der Waals surface area contributed by atoms with Crippen LogP contribution in [0.15, 0.2) is 12.5 Å². The lowest BCUT2D eigenvalue weighted by Gasteiger charge is -2.15. The molecule has 0 radical (unpaired) electrons. The molecule has 0 spiro atoms. The van der Waals surface area contributed by atoms with E-state index in [1.165, 1.54) is 25.7 Å². The maximum Gasteiger partial charge on any atom is 0.163 e. The minimum Gasteiger partial charge on any atom is -0.369 e. The Morgan fingerprint density at radius 2 is 2.16 bits per heavy atom. The summed E-state index contributed by atoms with van der Waals surface area (Å²) in [5, 5.41) is 8.68. The molecule has 0 bridgehead atoms. The molecule has 0 amide bonds. The first-order chi connectivity index (χ1) is 9.26. The molecule has 0 aliphatic rings. The number of aryl methyl sites for hydroxylation is 1. The first-order valence-corrected chi connectivity index (χ1v) is 7.12. The van der Waals surface area contributed by atoms with E-state index in [0.29, 0.717) is 5.92 Å². The molecule has 0 aromatic carbocycles.